The number of fused-ring (bicyclic) bond motifs is 1. The molecule has 1 aromatic carbocycles. The summed E-state index contributed by atoms with van der Waals surface area (Å²) in [7, 11) is 1.76. The van der Waals surface area contributed by atoms with Crippen molar-refractivity contribution in [3.05, 3.63) is 40.0 Å². The van der Waals surface area contributed by atoms with E-state index in [1.54, 1.807) is 14.0 Å². The number of carbonyl (C=O) groups excluding carboxylic acids is 1. The Morgan fingerprint density at radius 3 is 2.92 bits per heavy atom. The van der Waals surface area contributed by atoms with E-state index in [0.717, 1.165) is 32.7 Å². The molecule has 0 unspecified atom stereocenters. The van der Waals surface area contributed by atoms with Crippen LogP contribution >= 0.6 is 11.3 Å². The van der Waals surface area contributed by atoms with Crippen LogP contribution in [0, 0.1) is 13.8 Å². The number of esters is 1. The van der Waals surface area contributed by atoms with E-state index in [0.29, 0.717) is 17.2 Å². The summed E-state index contributed by atoms with van der Waals surface area (Å²) in [6.45, 7) is 6.03. The summed E-state index contributed by atoms with van der Waals surface area (Å²) in [4.78, 5) is 24.6. The molecule has 2 heterocycles. The molecule has 0 saturated heterocycles. The maximum absolute atomic E-state index is 12.0. The van der Waals surface area contributed by atoms with E-state index in [2.05, 4.69) is 21.0 Å². The predicted octanol–water partition coefficient (Wildman–Crippen LogP) is 4.13. The van der Waals surface area contributed by atoms with Gasteiger partial charge in [-0.1, -0.05) is 0 Å². The van der Waals surface area contributed by atoms with Gasteiger partial charge in [-0.3, -0.25) is 4.99 Å². The number of carbonyl (C=O) groups is 1. The standard InChI is InChI=1S/C18H19N3O2S/c1-5-23-18(22)16-11(3)21-17(24-16)12-6-7-15-13(8-12)14(9-19-4)10(2)20-15/h6-9,20H,5H2,1-4H3. The number of H-pyrrole nitrogens is 1. The summed E-state index contributed by atoms with van der Waals surface area (Å²) in [6.07, 6.45) is 1.86. The zero-order chi connectivity index (χ0) is 17.3. The fourth-order valence-corrected chi connectivity index (χ4v) is 3.64. The number of thiazole rings is 1. The molecule has 0 radical (unpaired) electrons. The van der Waals surface area contributed by atoms with Gasteiger partial charge in [-0.15, -0.1) is 11.3 Å². The monoisotopic (exact) mass is 341 g/mol. The van der Waals surface area contributed by atoms with E-state index in [9.17, 15) is 4.79 Å². The quantitative estimate of drug-likeness (QED) is 0.573. The molecule has 0 bridgehead atoms. The molecule has 0 aliphatic heterocycles. The zero-order valence-electron chi connectivity index (χ0n) is 14.1. The van der Waals surface area contributed by atoms with Crippen molar-refractivity contribution < 1.29 is 9.53 Å². The summed E-state index contributed by atoms with van der Waals surface area (Å²) in [6, 6.07) is 6.13. The molecule has 2 aromatic heterocycles. The van der Waals surface area contributed by atoms with Gasteiger partial charge in [-0.25, -0.2) is 9.78 Å². The van der Waals surface area contributed by atoms with Gasteiger partial charge in [-0.05, 0) is 39.0 Å². The van der Waals surface area contributed by atoms with Crippen molar-refractivity contribution in [3.63, 3.8) is 0 Å². The van der Waals surface area contributed by atoms with Gasteiger partial charge in [0.1, 0.15) is 9.88 Å². The van der Waals surface area contributed by atoms with Crippen LogP contribution in [0.5, 0.6) is 0 Å². The minimum atomic E-state index is -0.309. The van der Waals surface area contributed by atoms with Crippen LogP contribution < -0.4 is 0 Å². The van der Waals surface area contributed by atoms with E-state index in [4.69, 9.17) is 4.74 Å². The van der Waals surface area contributed by atoms with Crippen LogP contribution in [0.15, 0.2) is 23.2 Å². The Morgan fingerprint density at radius 1 is 1.42 bits per heavy atom. The fourth-order valence-electron chi connectivity index (χ4n) is 2.68. The first-order valence-corrected chi connectivity index (χ1v) is 8.56. The molecule has 0 saturated carbocycles. The molecule has 0 atom stereocenters. The lowest BCUT2D eigenvalue weighted by molar-refractivity contribution is 0.0531. The molecular weight excluding hydrogens is 322 g/mol. The second-order valence-corrected chi connectivity index (χ2v) is 6.46. The van der Waals surface area contributed by atoms with Crippen LogP contribution in [0.3, 0.4) is 0 Å². The number of hydrogen-bond donors (Lipinski definition) is 1. The van der Waals surface area contributed by atoms with Crippen LogP contribution in [-0.2, 0) is 4.74 Å². The summed E-state index contributed by atoms with van der Waals surface area (Å²) in [5.41, 5.74) is 4.90. The molecule has 6 heteroatoms. The van der Waals surface area contributed by atoms with Crippen LogP contribution in [0.25, 0.3) is 21.5 Å². The first-order valence-electron chi connectivity index (χ1n) is 7.74. The maximum atomic E-state index is 12.0. The van der Waals surface area contributed by atoms with Gasteiger partial charge in [-0.2, -0.15) is 0 Å². The first-order chi connectivity index (χ1) is 11.5. The normalized spacial score (nSPS) is 11.5. The molecule has 0 fully saturated rings. The summed E-state index contributed by atoms with van der Waals surface area (Å²) >= 11 is 1.37. The van der Waals surface area contributed by atoms with E-state index < -0.39 is 0 Å². The minimum absolute atomic E-state index is 0.309. The lowest BCUT2D eigenvalue weighted by Gasteiger charge is -1.99. The highest BCUT2D eigenvalue weighted by Crippen LogP contribution is 2.32. The lowest BCUT2D eigenvalue weighted by atomic mass is 10.1. The number of rotatable bonds is 4. The third-order valence-electron chi connectivity index (χ3n) is 3.80. The highest BCUT2D eigenvalue weighted by molar-refractivity contribution is 7.17. The molecule has 124 valence electrons. The summed E-state index contributed by atoms with van der Waals surface area (Å²) in [5, 5.41) is 1.91. The molecule has 24 heavy (non-hydrogen) atoms. The number of nitrogens with zero attached hydrogens (tertiary/aromatic N) is 2. The van der Waals surface area contributed by atoms with Crippen molar-refractivity contribution in [3.8, 4) is 10.6 Å². The van der Waals surface area contributed by atoms with Crippen molar-refractivity contribution >= 4 is 34.4 Å². The Morgan fingerprint density at radius 2 is 2.21 bits per heavy atom. The molecule has 0 aliphatic carbocycles. The van der Waals surface area contributed by atoms with E-state index in [1.807, 2.05) is 32.2 Å². The van der Waals surface area contributed by atoms with Gasteiger partial charge >= 0.3 is 5.97 Å². The number of benzene rings is 1. The molecule has 0 aliphatic rings. The van der Waals surface area contributed by atoms with Crippen molar-refractivity contribution in [1.29, 1.82) is 0 Å². The summed E-state index contributed by atoms with van der Waals surface area (Å²) in [5.74, 6) is -0.309. The molecule has 5 nitrogen and oxygen atoms in total. The molecule has 3 aromatic rings. The Balaban J connectivity index is 2.08. The second kappa shape index (κ2) is 6.57. The van der Waals surface area contributed by atoms with Crippen molar-refractivity contribution in [2.45, 2.75) is 20.8 Å². The molecule has 1 N–H and O–H groups in total. The van der Waals surface area contributed by atoms with Crippen molar-refractivity contribution in [2.24, 2.45) is 4.99 Å². The zero-order valence-corrected chi connectivity index (χ0v) is 15.0. The van der Waals surface area contributed by atoms with Gasteiger partial charge in [0.15, 0.2) is 0 Å². The topological polar surface area (TPSA) is 67.3 Å². The predicted molar refractivity (Wildman–Crippen MR) is 98.4 cm³/mol. The molecule has 0 spiro atoms. The Hall–Kier alpha value is -2.47. The number of nitrogens with one attached hydrogen (secondary N) is 1. The van der Waals surface area contributed by atoms with Gasteiger partial charge in [0.05, 0.1) is 12.3 Å². The Bertz CT molecular complexity index is 937. The number of aromatic nitrogens is 2. The van der Waals surface area contributed by atoms with Crippen LogP contribution in [0.4, 0.5) is 0 Å². The number of aromatic amines is 1. The van der Waals surface area contributed by atoms with Gasteiger partial charge < -0.3 is 9.72 Å². The largest absolute Gasteiger partial charge is 0.462 e. The lowest BCUT2D eigenvalue weighted by Crippen LogP contribution is -2.03. The smallest absolute Gasteiger partial charge is 0.350 e. The highest BCUT2D eigenvalue weighted by Gasteiger charge is 2.18. The molecule has 3 rings (SSSR count). The fraction of sp³-hybridized carbons (Fsp3) is 0.278. The van der Waals surface area contributed by atoms with Crippen LogP contribution in [0.2, 0.25) is 0 Å². The summed E-state index contributed by atoms with van der Waals surface area (Å²) < 4.78 is 5.09. The number of aliphatic imine (C=N–C) groups is 1. The number of ether oxygens (including phenoxy) is 1. The average molecular weight is 341 g/mol. The highest BCUT2D eigenvalue weighted by atomic mass is 32.1. The SMILES string of the molecule is CCOC(=O)c1sc(-c2ccc3[nH]c(C)c(C=NC)c3c2)nc1C. The van der Waals surface area contributed by atoms with Gasteiger partial charge in [0.25, 0.3) is 0 Å². The second-order valence-electron chi connectivity index (χ2n) is 5.47. The molecular formula is C18H19N3O2S. The van der Waals surface area contributed by atoms with Crippen molar-refractivity contribution in [2.75, 3.05) is 13.7 Å². The Kier molecular flexibility index (Phi) is 4.49. The first kappa shape index (κ1) is 16.4. The van der Waals surface area contributed by atoms with Crippen LogP contribution in [0.1, 0.15) is 33.5 Å². The van der Waals surface area contributed by atoms with Crippen LogP contribution in [-0.4, -0.2) is 35.8 Å². The third kappa shape index (κ3) is 2.85. The van der Waals surface area contributed by atoms with E-state index >= 15 is 0 Å². The van der Waals surface area contributed by atoms with E-state index in [1.165, 1.54) is 11.3 Å². The molecule has 0 amide bonds. The van der Waals surface area contributed by atoms with Gasteiger partial charge in [0.2, 0.25) is 0 Å². The van der Waals surface area contributed by atoms with E-state index in [-0.39, 0.29) is 5.97 Å². The number of aryl methyl sites for hydroxylation is 2. The Labute approximate surface area is 144 Å². The van der Waals surface area contributed by atoms with Gasteiger partial charge in [0, 0.05) is 41.0 Å². The maximum Gasteiger partial charge on any atom is 0.350 e. The van der Waals surface area contributed by atoms with Crippen molar-refractivity contribution in [1.82, 2.24) is 9.97 Å². The number of hydrogen-bond acceptors (Lipinski definition) is 5. The minimum Gasteiger partial charge on any atom is -0.462 e. The third-order valence-corrected chi connectivity index (χ3v) is 4.99. The average Bonchev–Trinajstić information content (AvgIpc) is 3.08.